The van der Waals surface area contributed by atoms with Gasteiger partial charge in [-0.2, -0.15) is 4.98 Å². The van der Waals surface area contributed by atoms with Crippen molar-refractivity contribution in [2.24, 2.45) is 4.99 Å². The van der Waals surface area contributed by atoms with E-state index in [0.717, 1.165) is 16.3 Å². The van der Waals surface area contributed by atoms with Crippen LogP contribution >= 0.6 is 11.8 Å². The summed E-state index contributed by atoms with van der Waals surface area (Å²) < 4.78 is 0. The normalized spacial score (nSPS) is 15.6. The van der Waals surface area contributed by atoms with Crippen molar-refractivity contribution < 1.29 is 0 Å². The minimum Gasteiger partial charge on any atom is -0.368 e. The molecule has 3 aromatic rings. The van der Waals surface area contributed by atoms with Gasteiger partial charge in [-0.3, -0.25) is 4.99 Å². The molecule has 0 fully saturated rings. The Morgan fingerprint density at radius 1 is 1.04 bits per heavy atom. The predicted molar refractivity (Wildman–Crippen MR) is 109 cm³/mol. The molecule has 0 saturated heterocycles. The molecule has 0 amide bonds. The second kappa shape index (κ2) is 7.36. The number of nitrogens with zero attached hydrogens (tertiary/aromatic N) is 5. The van der Waals surface area contributed by atoms with Gasteiger partial charge in [0.2, 0.25) is 5.95 Å². The van der Waals surface area contributed by atoms with E-state index in [1.54, 1.807) is 0 Å². The highest BCUT2D eigenvalue weighted by Gasteiger charge is 2.21. The third-order valence-corrected chi connectivity index (χ3v) is 5.42. The van der Waals surface area contributed by atoms with Gasteiger partial charge in [0.25, 0.3) is 0 Å². The lowest BCUT2D eigenvalue weighted by Gasteiger charge is -2.31. The number of hydrogen-bond acceptors (Lipinski definition) is 7. The first-order valence-corrected chi connectivity index (χ1v) is 9.67. The highest BCUT2D eigenvalue weighted by Crippen LogP contribution is 2.26. The van der Waals surface area contributed by atoms with Gasteiger partial charge in [-0.25, -0.2) is 9.97 Å². The van der Waals surface area contributed by atoms with Crippen LogP contribution in [0.3, 0.4) is 0 Å². The van der Waals surface area contributed by atoms with Crippen molar-refractivity contribution in [1.29, 1.82) is 0 Å². The number of aryl methyl sites for hydroxylation is 2. The molecular formula is C20H20N6S. The van der Waals surface area contributed by atoms with Crippen LogP contribution in [0.2, 0.25) is 0 Å². The molecule has 27 heavy (non-hydrogen) atoms. The van der Waals surface area contributed by atoms with E-state index >= 15 is 0 Å². The molecule has 1 aromatic heterocycles. The second-order valence-electron chi connectivity index (χ2n) is 6.38. The van der Waals surface area contributed by atoms with Crippen molar-refractivity contribution in [3.05, 3.63) is 70.5 Å². The molecule has 2 heterocycles. The fourth-order valence-electron chi connectivity index (χ4n) is 3.11. The van der Waals surface area contributed by atoms with Gasteiger partial charge in [0.05, 0.1) is 5.36 Å². The van der Waals surface area contributed by atoms with Crippen LogP contribution in [-0.4, -0.2) is 26.9 Å². The molecular weight excluding hydrogens is 356 g/mol. The summed E-state index contributed by atoms with van der Waals surface area (Å²) in [6.07, 6.45) is 3.57. The Morgan fingerprint density at radius 3 is 2.67 bits per heavy atom. The third kappa shape index (κ3) is 3.64. The summed E-state index contributed by atoms with van der Waals surface area (Å²) in [7, 11) is 0. The van der Waals surface area contributed by atoms with Crippen LogP contribution in [0.25, 0.3) is 6.20 Å². The Balaban J connectivity index is 1.73. The van der Waals surface area contributed by atoms with E-state index in [0.29, 0.717) is 10.9 Å². The number of fused-ring (bicyclic) bond motifs is 1. The molecule has 0 saturated carbocycles. The summed E-state index contributed by atoms with van der Waals surface area (Å²) in [6, 6.07) is 14.6. The van der Waals surface area contributed by atoms with Crippen LogP contribution in [0, 0.1) is 13.8 Å². The van der Waals surface area contributed by atoms with Crippen molar-refractivity contribution >= 4 is 29.6 Å². The maximum atomic E-state index is 5.67. The molecule has 2 N–H and O–H groups in total. The van der Waals surface area contributed by atoms with Gasteiger partial charge in [0, 0.05) is 22.9 Å². The van der Waals surface area contributed by atoms with Gasteiger partial charge in [0.1, 0.15) is 12.5 Å². The van der Waals surface area contributed by atoms with Crippen molar-refractivity contribution in [2.75, 3.05) is 16.4 Å². The van der Waals surface area contributed by atoms with Crippen LogP contribution in [-0.2, 0) is 0 Å². The van der Waals surface area contributed by atoms with Gasteiger partial charge in [-0.15, -0.1) is 0 Å². The lowest BCUT2D eigenvalue weighted by atomic mass is 10.1. The molecule has 7 heteroatoms. The first-order valence-electron chi connectivity index (χ1n) is 8.68. The molecule has 0 aliphatic carbocycles. The van der Waals surface area contributed by atoms with Crippen LogP contribution in [0.5, 0.6) is 0 Å². The molecule has 0 bridgehead atoms. The summed E-state index contributed by atoms with van der Waals surface area (Å²) in [4.78, 5) is 19.5. The number of rotatable bonds is 4. The smallest absolute Gasteiger partial charge is 0.223 e. The van der Waals surface area contributed by atoms with Crippen molar-refractivity contribution in [3.8, 4) is 0 Å². The Hall–Kier alpha value is -2.93. The van der Waals surface area contributed by atoms with E-state index in [4.69, 9.17) is 10.7 Å². The number of anilines is 2. The molecule has 4 rings (SSSR count). The standard InChI is InChI=1S/C20H20N6S/c1-13-7-5-8-16-15(13)10-26(17-9-4-3-6-14(17)2)18(24-16)11-27-20-23-12-22-19(21)25-20/h3-10,12,18H,11H2,1-2H3,(H2,21,22,23,25). The average Bonchev–Trinajstić information content (AvgIpc) is 2.67. The number of aromatic nitrogens is 3. The molecule has 1 atom stereocenters. The zero-order valence-electron chi connectivity index (χ0n) is 15.2. The number of thioether (sulfide) groups is 1. The predicted octanol–water partition coefficient (Wildman–Crippen LogP) is 2.07. The van der Waals surface area contributed by atoms with Crippen LogP contribution < -0.4 is 21.2 Å². The van der Waals surface area contributed by atoms with Crippen LogP contribution in [0.4, 0.5) is 11.6 Å². The number of nitrogen functional groups attached to an aromatic ring is 1. The molecule has 1 aliphatic rings. The average molecular weight is 376 g/mol. The Morgan fingerprint density at radius 2 is 1.85 bits per heavy atom. The first kappa shape index (κ1) is 17.5. The van der Waals surface area contributed by atoms with Gasteiger partial charge < -0.3 is 10.6 Å². The van der Waals surface area contributed by atoms with Crippen molar-refractivity contribution in [1.82, 2.24) is 15.0 Å². The number of nitrogens with two attached hydrogens (primary N) is 1. The molecule has 1 unspecified atom stereocenters. The number of benzene rings is 2. The Bertz CT molecular complexity index is 1100. The summed E-state index contributed by atoms with van der Waals surface area (Å²) >= 11 is 1.53. The van der Waals surface area contributed by atoms with E-state index in [9.17, 15) is 0 Å². The van der Waals surface area contributed by atoms with E-state index < -0.39 is 0 Å². The zero-order chi connectivity index (χ0) is 18.8. The maximum absolute atomic E-state index is 5.67. The van der Waals surface area contributed by atoms with Crippen LogP contribution in [0.15, 0.2) is 58.9 Å². The van der Waals surface area contributed by atoms with Gasteiger partial charge in [-0.05, 0) is 37.1 Å². The Kier molecular flexibility index (Phi) is 4.77. The molecule has 136 valence electrons. The quantitative estimate of drug-likeness (QED) is 0.702. The monoisotopic (exact) mass is 376 g/mol. The van der Waals surface area contributed by atoms with Crippen LogP contribution in [0.1, 0.15) is 11.1 Å². The fourth-order valence-corrected chi connectivity index (χ4v) is 3.92. The largest absolute Gasteiger partial charge is 0.368 e. The van der Waals surface area contributed by atoms with Crippen molar-refractivity contribution in [2.45, 2.75) is 25.2 Å². The van der Waals surface area contributed by atoms with Crippen molar-refractivity contribution in [3.63, 3.8) is 0 Å². The van der Waals surface area contributed by atoms with E-state index in [-0.39, 0.29) is 12.1 Å². The maximum Gasteiger partial charge on any atom is 0.223 e. The first-order chi connectivity index (χ1) is 13.1. The summed E-state index contributed by atoms with van der Waals surface area (Å²) in [6.45, 7) is 4.23. The molecule has 2 aromatic carbocycles. The van der Waals surface area contributed by atoms with E-state index in [2.05, 4.69) is 76.3 Å². The minimum atomic E-state index is -0.0663. The van der Waals surface area contributed by atoms with Gasteiger partial charge >= 0.3 is 0 Å². The topological polar surface area (TPSA) is 80.3 Å². The number of para-hydroxylation sites is 1. The fraction of sp³-hybridized carbons (Fsp3) is 0.200. The summed E-state index contributed by atoms with van der Waals surface area (Å²) in [5.74, 6) is 0.929. The molecule has 1 aliphatic heterocycles. The summed E-state index contributed by atoms with van der Waals surface area (Å²) in [5, 5.41) is 2.78. The van der Waals surface area contributed by atoms with E-state index in [1.807, 2.05) is 6.07 Å². The lowest BCUT2D eigenvalue weighted by Crippen LogP contribution is -2.44. The lowest BCUT2D eigenvalue weighted by molar-refractivity contribution is 0.734. The van der Waals surface area contributed by atoms with Gasteiger partial charge in [-0.1, -0.05) is 42.1 Å². The SMILES string of the molecule is Cc1ccccc1N1C=c2c(C)cccc2=NC1CSc1ncnc(N)n1. The van der Waals surface area contributed by atoms with Gasteiger partial charge in [0.15, 0.2) is 5.16 Å². The molecule has 6 nitrogen and oxygen atoms in total. The number of hydrogen-bond donors (Lipinski definition) is 1. The Labute approximate surface area is 161 Å². The van der Waals surface area contributed by atoms with E-state index in [1.165, 1.54) is 29.2 Å². The highest BCUT2D eigenvalue weighted by molar-refractivity contribution is 7.99. The minimum absolute atomic E-state index is 0.0663. The molecule has 0 radical (unpaired) electrons. The molecule has 0 spiro atoms. The second-order valence-corrected chi connectivity index (χ2v) is 7.36. The summed E-state index contributed by atoms with van der Waals surface area (Å²) in [5.41, 5.74) is 9.24. The highest BCUT2D eigenvalue weighted by atomic mass is 32.2. The third-order valence-electron chi connectivity index (χ3n) is 4.50. The zero-order valence-corrected chi connectivity index (χ0v) is 16.0.